The average Bonchev–Trinajstić information content (AvgIpc) is 2.82. The van der Waals surface area contributed by atoms with Crippen molar-refractivity contribution in [2.75, 3.05) is 39.3 Å². The molecule has 5 heteroatoms. The number of ether oxygens (including phenoxy) is 1. The summed E-state index contributed by atoms with van der Waals surface area (Å²) in [5.74, 6) is -0.529. The molecule has 0 bridgehead atoms. The molecule has 31 heavy (non-hydrogen) atoms. The molecule has 1 aliphatic rings. The summed E-state index contributed by atoms with van der Waals surface area (Å²) < 4.78 is 5.78. The van der Waals surface area contributed by atoms with E-state index in [4.69, 9.17) is 4.74 Å². The third kappa shape index (κ3) is 5.32. The first-order valence-corrected chi connectivity index (χ1v) is 10.7. The first-order chi connectivity index (χ1) is 15.2. The van der Waals surface area contributed by atoms with Crippen molar-refractivity contribution in [3.63, 3.8) is 0 Å². The van der Waals surface area contributed by atoms with Crippen molar-refractivity contribution in [3.8, 4) is 5.75 Å². The van der Waals surface area contributed by atoms with E-state index < -0.39 is 5.97 Å². The first kappa shape index (κ1) is 21.1. The number of piperazine rings is 1. The fourth-order valence-electron chi connectivity index (χ4n) is 4.18. The summed E-state index contributed by atoms with van der Waals surface area (Å²) >= 11 is 0. The summed E-state index contributed by atoms with van der Waals surface area (Å²) in [5, 5.41) is 9.29. The predicted octanol–water partition coefficient (Wildman–Crippen LogP) is 4.17. The molecule has 5 nitrogen and oxygen atoms in total. The van der Waals surface area contributed by atoms with E-state index in [2.05, 4.69) is 70.5 Å². The third-order valence-corrected chi connectivity index (χ3v) is 5.79. The second kappa shape index (κ2) is 10.2. The van der Waals surface area contributed by atoms with E-state index in [0.717, 1.165) is 32.7 Å². The minimum Gasteiger partial charge on any atom is -0.491 e. The van der Waals surface area contributed by atoms with Crippen molar-refractivity contribution < 1.29 is 14.6 Å². The van der Waals surface area contributed by atoms with Crippen molar-refractivity contribution in [1.29, 1.82) is 0 Å². The number of aromatic carboxylic acids is 1. The number of carbonyl (C=O) groups is 1. The Labute approximate surface area is 183 Å². The normalized spacial score (nSPS) is 15.1. The van der Waals surface area contributed by atoms with E-state index in [0.29, 0.717) is 12.4 Å². The van der Waals surface area contributed by atoms with E-state index in [1.165, 1.54) is 11.1 Å². The molecular weight excluding hydrogens is 388 g/mol. The van der Waals surface area contributed by atoms with E-state index >= 15 is 0 Å². The van der Waals surface area contributed by atoms with Crippen LogP contribution in [-0.4, -0.2) is 60.2 Å². The molecule has 0 amide bonds. The Hall–Kier alpha value is -3.15. The second-order valence-corrected chi connectivity index (χ2v) is 7.75. The van der Waals surface area contributed by atoms with Gasteiger partial charge in [-0.25, -0.2) is 4.79 Å². The van der Waals surface area contributed by atoms with Gasteiger partial charge in [0.15, 0.2) is 0 Å². The number of hydrogen-bond acceptors (Lipinski definition) is 4. The maximum atomic E-state index is 11.3. The van der Waals surface area contributed by atoms with E-state index in [1.54, 1.807) is 24.3 Å². The van der Waals surface area contributed by atoms with Crippen LogP contribution in [0.25, 0.3) is 0 Å². The summed E-state index contributed by atoms with van der Waals surface area (Å²) in [6.07, 6.45) is 0. The number of carboxylic acids is 1. The van der Waals surface area contributed by atoms with Gasteiger partial charge < -0.3 is 9.84 Å². The highest BCUT2D eigenvalue weighted by molar-refractivity contribution is 5.90. The predicted molar refractivity (Wildman–Crippen MR) is 122 cm³/mol. The topological polar surface area (TPSA) is 53.0 Å². The lowest BCUT2D eigenvalue weighted by molar-refractivity contribution is 0.0689. The van der Waals surface area contributed by atoms with Gasteiger partial charge in [-0.1, -0.05) is 72.8 Å². The van der Waals surface area contributed by atoms with Crippen molar-refractivity contribution in [2.24, 2.45) is 0 Å². The van der Waals surface area contributed by atoms with Crippen molar-refractivity contribution in [3.05, 3.63) is 102 Å². The van der Waals surface area contributed by atoms with Crippen LogP contribution in [0.15, 0.2) is 84.9 Å². The van der Waals surface area contributed by atoms with E-state index in [9.17, 15) is 9.90 Å². The largest absolute Gasteiger partial charge is 0.491 e. The number of rotatable bonds is 8. The zero-order chi connectivity index (χ0) is 21.5. The molecule has 0 spiro atoms. The SMILES string of the molecule is O=C(O)c1ccccc1OCCN1CCN(C(c2ccccc2)c2ccccc2)CC1. The monoisotopic (exact) mass is 416 g/mol. The maximum absolute atomic E-state index is 11.3. The Balaban J connectivity index is 1.35. The quantitative estimate of drug-likeness (QED) is 0.597. The molecule has 0 unspecified atom stereocenters. The third-order valence-electron chi connectivity index (χ3n) is 5.79. The second-order valence-electron chi connectivity index (χ2n) is 7.75. The minimum atomic E-state index is -0.961. The molecule has 0 saturated carbocycles. The van der Waals surface area contributed by atoms with Crippen LogP contribution in [0.3, 0.4) is 0 Å². The highest BCUT2D eigenvalue weighted by Crippen LogP contribution is 2.29. The lowest BCUT2D eigenvalue weighted by Gasteiger charge is -2.39. The van der Waals surface area contributed by atoms with Gasteiger partial charge in [0.05, 0.1) is 6.04 Å². The Morgan fingerprint density at radius 1 is 0.806 bits per heavy atom. The molecule has 1 saturated heterocycles. The summed E-state index contributed by atoms with van der Waals surface area (Å²) in [6, 6.07) is 28.4. The molecule has 3 aromatic rings. The fraction of sp³-hybridized carbons (Fsp3) is 0.269. The molecule has 0 atom stereocenters. The van der Waals surface area contributed by atoms with Crippen molar-refractivity contribution in [2.45, 2.75) is 6.04 Å². The number of para-hydroxylation sites is 1. The zero-order valence-electron chi connectivity index (χ0n) is 17.6. The maximum Gasteiger partial charge on any atom is 0.339 e. The van der Waals surface area contributed by atoms with Gasteiger partial charge in [-0.05, 0) is 23.3 Å². The van der Waals surface area contributed by atoms with Crippen LogP contribution in [0.4, 0.5) is 0 Å². The highest BCUT2D eigenvalue weighted by atomic mass is 16.5. The van der Waals surface area contributed by atoms with Crippen molar-refractivity contribution in [1.82, 2.24) is 9.80 Å². The smallest absolute Gasteiger partial charge is 0.339 e. The molecule has 1 heterocycles. The van der Waals surface area contributed by atoms with Crippen molar-refractivity contribution >= 4 is 5.97 Å². The van der Waals surface area contributed by atoms with E-state index in [-0.39, 0.29) is 11.6 Å². The Bertz CT molecular complexity index is 931. The van der Waals surface area contributed by atoms with Crippen LogP contribution in [-0.2, 0) is 0 Å². The average molecular weight is 417 g/mol. The summed E-state index contributed by atoms with van der Waals surface area (Å²) in [4.78, 5) is 16.2. The van der Waals surface area contributed by atoms with Gasteiger partial charge in [0, 0.05) is 32.7 Å². The van der Waals surface area contributed by atoms with Gasteiger partial charge in [-0.15, -0.1) is 0 Å². The number of benzene rings is 3. The van der Waals surface area contributed by atoms with Crippen LogP contribution in [0.5, 0.6) is 5.75 Å². The molecule has 160 valence electrons. The Kier molecular flexibility index (Phi) is 6.97. The lowest BCUT2D eigenvalue weighted by Crippen LogP contribution is -2.48. The summed E-state index contributed by atoms with van der Waals surface area (Å²) in [5.41, 5.74) is 2.84. The van der Waals surface area contributed by atoms with Gasteiger partial charge in [0.2, 0.25) is 0 Å². The minimum absolute atomic E-state index is 0.209. The zero-order valence-corrected chi connectivity index (χ0v) is 17.6. The van der Waals surface area contributed by atoms with Gasteiger partial charge in [0.1, 0.15) is 17.9 Å². The molecule has 1 aliphatic heterocycles. The Morgan fingerprint density at radius 2 is 1.35 bits per heavy atom. The lowest BCUT2D eigenvalue weighted by atomic mass is 9.96. The molecule has 0 aliphatic carbocycles. The molecule has 1 N–H and O–H groups in total. The van der Waals surface area contributed by atoms with Crippen LogP contribution in [0.2, 0.25) is 0 Å². The van der Waals surface area contributed by atoms with E-state index in [1.807, 2.05) is 0 Å². The first-order valence-electron chi connectivity index (χ1n) is 10.7. The molecule has 4 rings (SSSR count). The van der Waals surface area contributed by atoms with Crippen LogP contribution >= 0.6 is 0 Å². The standard InChI is InChI=1S/C26H28N2O3/c29-26(30)23-13-7-8-14-24(23)31-20-19-27-15-17-28(18-16-27)25(21-9-3-1-4-10-21)22-11-5-2-6-12-22/h1-14,25H,15-20H2,(H,29,30). The number of hydrogen-bond donors (Lipinski definition) is 1. The number of nitrogens with zero attached hydrogens (tertiary/aromatic N) is 2. The fourth-order valence-corrected chi connectivity index (χ4v) is 4.18. The van der Waals surface area contributed by atoms with Gasteiger partial charge in [-0.2, -0.15) is 0 Å². The van der Waals surface area contributed by atoms with Gasteiger partial charge in [-0.3, -0.25) is 9.80 Å². The van der Waals surface area contributed by atoms with Crippen LogP contribution < -0.4 is 4.74 Å². The molecular formula is C26H28N2O3. The summed E-state index contributed by atoms with van der Waals surface area (Å²) in [7, 11) is 0. The van der Waals surface area contributed by atoms with Gasteiger partial charge in [0.25, 0.3) is 0 Å². The molecule has 0 radical (unpaired) electrons. The Morgan fingerprint density at radius 3 is 1.94 bits per heavy atom. The van der Waals surface area contributed by atoms with Gasteiger partial charge >= 0.3 is 5.97 Å². The van der Waals surface area contributed by atoms with Crippen LogP contribution in [0, 0.1) is 0 Å². The summed E-state index contributed by atoms with van der Waals surface area (Å²) in [6.45, 7) is 5.12. The highest BCUT2D eigenvalue weighted by Gasteiger charge is 2.26. The molecule has 0 aromatic heterocycles. The molecule has 1 fully saturated rings. The van der Waals surface area contributed by atoms with Crippen LogP contribution in [0.1, 0.15) is 27.5 Å². The molecule has 3 aromatic carbocycles. The number of carboxylic acid groups (broad SMARTS) is 1.